The van der Waals surface area contributed by atoms with Gasteiger partial charge in [0.2, 0.25) is 0 Å². The first-order valence-corrected chi connectivity index (χ1v) is 7.63. The summed E-state index contributed by atoms with van der Waals surface area (Å²) in [6.45, 7) is 1.80. The molecular weight excluding hydrogens is 331 g/mol. The molecule has 2 aromatic rings. The Kier molecular flexibility index (Phi) is 5.61. The van der Waals surface area contributed by atoms with Crippen LogP contribution in [0.2, 0.25) is 10.0 Å². The highest BCUT2D eigenvalue weighted by molar-refractivity contribution is 7.11. The standard InChI is InChI=1S/C14H12Cl2N2O2S/c1-9-4-5-21-13(9)7-17-18-14(19)8-20-12-3-2-10(15)6-11(12)16/h2-7H,8H2,1H3,(H,18,19). The molecule has 0 aliphatic rings. The third kappa shape index (κ3) is 4.74. The van der Waals surface area contributed by atoms with E-state index in [1.54, 1.807) is 35.8 Å². The first-order chi connectivity index (χ1) is 10.1. The van der Waals surface area contributed by atoms with Crippen molar-refractivity contribution in [3.8, 4) is 5.75 Å². The van der Waals surface area contributed by atoms with E-state index in [0.717, 1.165) is 10.4 Å². The average molecular weight is 343 g/mol. The molecule has 1 aromatic heterocycles. The molecule has 0 bridgehead atoms. The number of hydrazone groups is 1. The van der Waals surface area contributed by atoms with Crippen molar-refractivity contribution in [3.05, 3.63) is 50.1 Å². The van der Waals surface area contributed by atoms with Gasteiger partial charge in [0, 0.05) is 9.90 Å². The van der Waals surface area contributed by atoms with E-state index in [1.165, 1.54) is 0 Å². The smallest absolute Gasteiger partial charge is 0.277 e. The first-order valence-electron chi connectivity index (χ1n) is 6.00. The molecular formula is C14H12Cl2N2O2S. The zero-order valence-electron chi connectivity index (χ0n) is 11.1. The highest BCUT2D eigenvalue weighted by Crippen LogP contribution is 2.27. The fourth-order valence-electron chi connectivity index (χ4n) is 1.45. The minimum absolute atomic E-state index is 0.178. The van der Waals surface area contributed by atoms with Gasteiger partial charge in [0.1, 0.15) is 5.75 Å². The largest absolute Gasteiger partial charge is 0.482 e. The molecule has 1 amide bonds. The van der Waals surface area contributed by atoms with E-state index in [2.05, 4.69) is 10.5 Å². The van der Waals surface area contributed by atoms with Crippen LogP contribution in [0.4, 0.5) is 0 Å². The van der Waals surface area contributed by atoms with Gasteiger partial charge in [-0.25, -0.2) is 5.43 Å². The molecule has 0 saturated carbocycles. The topological polar surface area (TPSA) is 50.7 Å². The molecule has 1 N–H and O–H groups in total. The van der Waals surface area contributed by atoms with E-state index in [4.69, 9.17) is 27.9 Å². The minimum Gasteiger partial charge on any atom is -0.482 e. The minimum atomic E-state index is -0.369. The van der Waals surface area contributed by atoms with Gasteiger partial charge in [-0.2, -0.15) is 5.10 Å². The Morgan fingerprint density at radius 1 is 1.43 bits per heavy atom. The second-order valence-corrected chi connectivity index (χ2v) is 5.92. The summed E-state index contributed by atoms with van der Waals surface area (Å²) in [4.78, 5) is 12.6. The van der Waals surface area contributed by atoms with E-state index in [1.807, 2.05) is 18.4 Å². The normalized spacial score (nSPS) is 10.8. The van der Waals surface area contributed by atoms with Gasteiger partial charge in [-0.05, 0) is 42.1 Å². The van der Waals surface area contributed by atoms with Gasteiger partial charge in [-0.3, -0.25) is 4.79 Å². The molecule has 110 valence electrons. The van der Waals surface area contributed by atoms with E-state index < -0.39 is 0 Å². The van der Waals surface area contributed by atoms with Crippen LogP contribution in [-0.2, 0) is 4.79 Å². The summed E-state index contributed by atoms with van der Waals surface area (Å²) in [5.74, 6) is 0.0285. The predicted molar refractivity (Wildman–Crippen MR) is 86.7 cm³/mol. The number of nitrogens with one attached hydrogen (secondary N) is 1. The third-order valence-electron chi connectivity index (χ3n) is 2.53. The number of benzene rings is 1. The SMILES string of the molecule is Cc1ccsc1C=NNC(=O)COc1ccc(Cl)cc1Cl. The lowest BCUT2D eigenvalue weighted by atomic mass is 10.3. The van der Waals surface area contributed by atoms with Crippen LogP contribution in [0.15, 0.2) is 34.7 Å². The van der Waals surface area contributed by atoms with Crippen molar-refractivity contribution in [2.75, 3.05) is 6.61 Å². The summed E-state index contributed by atoms with van der Waals surface area (Å²) in [6, 6.07) is 6.78. The van der Waals surface area contributed by atoms with Crippen LogP contribution in [-0.4, -0.2) is 18.7 Å². The van der Waals surface area contributed by atoms with Crippen molar-refractivity contribution in [2.24, 2.45) is 5.10 Å². The van der Waals surface area contributed by atoms with E-state index in [9.17, 15) is 4.79 Å². The van der Waals surface area contributed by atoms with Crippen molar-refractivity contribution in [1.29, 1.82) is 0 Å². The van der Waals surface area contributed by atoms with Crippen LogP contribution in [0.5, 0.6) is 5.75 Å². The second-order valence-electron chi connectivity index (χ2n) is 4.12. The Morgan fingerprint density at radius 3 is 2.90 bits per heavy atom. The average Bonchev–Trinajstić information content (AvgIpc) is 2.83. The van der Waals surface area contributed by atoms with Crippen molar-refractivity contribution in [1.82, 2.24) is 5.43 Å². The highest BCUT2D eigenvalue weighted by Gasteiger charge is 2.05. The molecule has 0 aliphatic heterocycles. The Labute approximate surface area is 136 Å². The number of aryl methyl sites for hydroxylation is 1. The summed E-state index contributed by atoms with van der Waals surface area (Å²) < 4.78 is 5.29. The van der Waals surface area contributed by atoms with Gasteiger partial charge in [-0.15, -0.1) is 11.3 Å². The lowest BCUT2D eigenvalue weighted by Gasteiger charge is -2.06. The molecule has 4 nitrogen and oxygen atoms in total. The molecule has 0 fully saturated rings. The first kappa shape index (κ1) is 15.8. The molecule has 0 radical (unpaired) electrons. The second kappa shape index (κ2) is 7.45. The van der Waals surface area contributed by atoms with Crippen molar-refractivity contribution in [2.45, 2.75) is 6.92 Å². The predicted octanol–water partition coefficient (Wildman–Crippen LogP) is 3.89. The third-order valence-corrected chi connectivity index (χ3v) is 4.01. The number of hydrogen-bond acceptors (Lipinski definition) is 4. The van der Waals surface area contributed by atoms with Gasteiger partial charge in [0.25, 0.3) is 5.91 Å². The molecule has 1 heterocycles. The Hall–Kier alpha value is -1.56. The quantitative estimate of drug-likeness (QED) is 0.661. The number of carbonyl (C=O) groups is 1. The summed E-state index contributed by atoms with van der Waals surface area (Å²) in [5, 5.41) is 6.70. The van der Waals surface area contributed by atoms with Crippen LogP contribution in [0.1, 0.15) is 10.4 Å². The number of rotatable bonds is 5. The van der Waals surface area contributed by atoms with Gasteiger partial charge < -0.3 is 4.74 Å². The monoisotopic (exact) mass is 342 g/mol. The number of amides is 1. The van der Waals surface area contributed by atoms with Crippen LogP contribution in [0.3, 0.4) is 0 Å². The van der Waals surface area contributed by atoms with E-state index in [-0.39, 0.29) is 12.5 Å². The fraction of sp³-hybridized carbons (Fsp3) is 0.143. The van der Waals surface area contributed by atoms with Crippen LogP contribution in [0.25, 0.3) is 0 Å². The number of halogens is 2. The Balaban J connectivity index is 1.82. The number of nitrogens with zero attached hydrogens (tertiary/aromatic N) is 1. The van der Waals surface area contributed by atoms with Crippen LogP contribution >= 0.6 is 34.5 Å². The van der Waals surface area contributed by atoms with Gasteiger partial charge in [0.05, 0.1) is 11.2 Å². The molecule has 0 saturated heterocycles. The number of thiophene rings is 1. The molecule has 7 heteroatoms. The molecule has 0 atom stereocenters. The van der Waals surface area contributed by atoms with Crippen LogP contribution < -0.4 is 10.2 Å². The van der Waals surface area contributed by atoms with Gasteiger partial charge in [-0.1, -0.05) is 23.2 Å². The van der Waals surface area contributed by atoms with Gasteiger partial charge in [0.15, 0.2) is 6.61 Å². The molecule has 1 aromatic carbocycles. The molecule has 0 aliphatic carbocycles. The summed E-state index contributed by atoms with van der Waals surface area (Å²) in [6.07, 6.45) is 1.60. The maximum atomic E-state index is 11.6. The number of carbonyl (C=O) groups excluding carboxylic acids is 1. The van der Waals surface area contributed by atoms with Crippen LogP contribution in [0, 0.1) is 6.92 Å². The summed E-state index contributed by atoms with van der Waals surface area (Å²) >= 11 is 13.3. The fourth-order valence-corrected chi connectivity index (χ4v) is 2.70. The zero-order valence-corrected chi connectivity index (χ0v) is 13.4. The lowest BCUT2D eigenvalue weighted by molar-refractivity contribution is -0.123. The number of hydrogen-bond donors (Lipinski definition) is 1. The number of ether oxygens (including phenoxy) is 1. The van der Waals surface area contributed by atoms with E-state index >= 15 is 0 Å². The Bertz CT molecular complexity index is 671. The lowest BCUT2D eigenvalue weighted by Crippen LogP contribution is -2.24. The van der Waals surface area contributed by atoms with Crippen molar-refractivity contribution < 1.29 is 9.53 Å². The maximum Gasteiger partial charge on any atom is 0.277 e. The molecule has 2 rings (SSSR count). The van der Waals surface area contributed by atoms with Gasteiger partial charge >= 0.3 is 0 Å². The summed E-state index contributed by atoms with van der Waals surface area (Å²) in [7, 11) is 0. The molecule has 0 unspecified atom stereocenters. The zero-order chi connectivity index (χ0) is 15.2. The highest BCUT2D eigenvalue weighted by atomic mass is 35.5. The van der Waals surface area contributed by atoms with E-state index in [0.29, 0.717) is 15.8 Å². The molecule has 21 heavy (non-hydrogen) atoms. The molecule has 0 spiro atoms. The maximum absolute atomic E-state index is 11.6. The van der Waals surface area contributed by atoms with Crippen molar-refractivity contribution >= 4 is 46.7 Å². The summed E-state index contributed by atoms with van der Waals surface area (Å²) in [5.41, 5.74) is 3.51. The Morgan fingerprint density at radius 2 is 2.24 bits per heavy atom. The van der Waals surface area contributed by atoms with Crippen molar-refractivity contribution in [3.63, 3.8) is 0 Å².